The second-order valence-electron chi connectivity index (χ2n) is 4.79. The van der Waals surface area contributed by atoms with Crippen LogP contribution in [0.3, 0.4) is 0 Å². The molecular weight excluding hydrogens is 317 g/mol. The van der Waals surface area contributed by atoms with Gasteiger partial charge in [-0.05, 0) is 30.3 Å². The number of benzene rings is 2. The van der Waals surface area contributed by atoms with Crippen LogP contribution < -0.4 is 10.2 Å². The van der Waals surface area contributed by atoms with E-state index < -0.39 is 5.82 Å². The van der Waals surface area contributed by atoms with Crippen molar-refractivity contribution in [1.82, 2.24) is 15.2 Å². The summed E-state index contributed by atoms with van der Waals surface area (Å²) < 4.78 is 13.2. The molecule has 3 rings (SSSR count). The number of hydrogen-bond acceptors (Lipinski definition) is 5. The Bertz CT molecular complexity index is 813. The van der Waals surface area contributed by atoms with Crippen LogP contribution in [0.1, 0.15) is 0 Å². The van der Waals surface area contributed by atoms with Crippen LogP contribution >= 0.6 is 11.6 Å². The third-order valence-corrected chi connectivity index (χ3v) is 3.50. The summed E-state index contributed by atoms with van der Waals surface area (Å²) in [4.78, 5) is 6.29. The molecule has 0 aliphatic rings. The van der Waals surface area contributed by atoms with Gasteiger partial charge in [0.15, 0.2) is 5.82 Å². The predicted octanol–water partition coefficient (Wildman–Crippen LogP) is 4.18. The molecule has 0 amide bonds. The molecule has 1 heterocycles. The second kappa shape index (κ2) is 6.58. The number of rotatable bonds is 4. The predicted molar refractivity (Wildman–Crippen MR) is 89.0 cm³/mol. The summed E-state index contributed by atoms with van der Waals surface area (Å²) >= 11 is 5.76. The van der Waals surface area contributed by atoms with Gasteiger partial charge in [-0.25, -0.2) is 4.39 Å². The molecule has 0 saturated carbocycles. The van der Waals surface area contributed by atoms with Gasteiger partial charge in [-0.3, -0.25) is 0 Å². The van der Waals surface area contributed by atoms with E-state index in [-0.39, 0.29) is 5.02 Å². The Hall–Kier alpha value is -2.73. The Morgan fingerprint density at radius 3 is 2.65 bits per heavy atom. The molecule has 7 heteroatoms. The molecular formula is C16H13ClFN5. The Kier molecular flexibility index (Phi) is 4.34. The summed E-state index contributed by atoms with van der Waals surface area (Å²) in [6.45, 7) is 0. The minimum atomic E-state index is -0.478. The van der Waals surface area contributed by atoms with Crippen LogP contribution in [0.2, 0.25) is 5.02 Å². The molecule has 0 fully saturated rings. The van der Waals surface area contributed by atoms with Gasteiger partial charge in [0.25, 0.3) is 0 Å². The maximum atomic E-state index is 13.2. The molecule has 5 nitrogen and oxygen atoms in total. The van der Waals surface area contributed by atoms with E-state index in [2.05, 4.69) is 20.5 Å². The van der Waals surface area contributed by atoms with Crippen molar-refractivity contribution < 1.29 is 4.39 Å². The number of hydrogen-bond donors (Lipinski definition) is 1. The van der Waals surface area contributed by atoms with Crippen LogP contribution in [0, 0.1) is 5.82 Å². The summed E-state index contributed by atoms with van der Waals surface area (Å²) in [7, 11) is 1.89. The quantitative estimate of drug-likeness (QED) is 0.778. The fourth-order valence-electron chi connectivity index (χ4n) is 2.00. The van der Waals surface area contributed by atoms with Crippen molar-refractivity contribution in [3.63, 3.8) is 0 Å². The maximum Gasteiger partial charge on any atom is 0.249 e. The zero-order valence-corrected chi connectivity index (χ0v) is 13.0. The van der Waals surface area contributed by atoms with Gasteiger partial charge in [0.2, 0.25) is 5.95 Å². The van der Waals surface area contributed by atoms with E-state index in [0.717, 1.165) is 5.69 Å². The van der Waals surface area contributed by atoms with Gasteiger partial charge in [-0.1, -0.05) is 29.8 Å². The molecule has 0 spiro atoms. The number of para-hydroxylation sites is 1. The maximum absolute atomic E-state index is 13.2. The molecule has 0 aliphatic heterocycles. The zero-order valence-electron chi connectivity index (χ0n) is 12.2. The highest BCUT2D eigenvalue weighted by atomic mass is 35.5. The minimum absolute atomic E-state index is 0.0283. The Morgan fingerprint density at radius 1 is 1.13 bits per heavy atom. The molecule has 0 bridgehead atoms. The molecule has 1 N–H and O–H groups in total. The van der Waals surface area contributed by atoms with Crippen molar-refractivity contribution in [2.45, 2.75) is 0 Å². The molecule has 116 valence electrons. The van der Waals surface area contributed by atoms with Crippen LogP contribution in [0.4, 0.5) is 27.5 Å². The van der Waals surface area contributed by atoms with Gasteiger partial charge >= 0.3 is 0 Å². The standard InChI is InChI=1S/C16H13ClFN5/c1-23(12-5-3-2-4-6-12)15-10-19-22-16(21-15)20-11-7-8-14(18)13(17)9-11/h2-10H,1H3,(H,20,21,22). The average Bonchev–Trinajstić information content (AvgIpc) is 2.58. The van der Waals surface area contributed by atoms with E-state index in [1.54, 1.807) is 12.3 Å². The second-order valence-corrected chi connectivity index (χ2v) is 5.19. The van der Waals surface area contributed by atoms with E-state index in [4.69, 9.17) is 11.6 Å². The topological polar surface area (TPSA) is 53.9 Å². The van der Waals surface area contributed by atoms with Gasteiger partial charge in [-0.15, -0.1) is 5.10 Å². The first-order valence-corrected chi connectivity index (χ1v) is 7.22. The molecule has 23 heavy (non-hydrogen) atoms. The van der Waals surface area contributed by atoms with Crippen LogP contribution in [0.15, 0.2) is 54.7 Å². The molecule has 0 aliphatic carbocycles. The van der Waals surface area contributed by atoms with Gasteiger partial charge < -0.3 is 10.2 Å². The lowest BCUT2D eigenvalue weighted by Crippen LogP contribution is -2.13. The highest BCUT2D eigenvalue weighted by Gasteiger charge is 2.08. The fraction of sp³-hybridized carbons (Fsp3) is 0.0625. The Labute approximate surface area is 137 Å². The van der Waals surface area contributed by atoms with Crippen LogP contribution in [0.5, 0.6) is 0 Å². The molecule has 0 atom stereocenters. The fourth-order valence-corrected chi connectivity index (χ4v) is 2.18. The minimum Gasteiger partial charge on any atom is -0.328 e. The van der Waals surface area contributed by atoms with E-state index in [0.29, 0.717) is 17.5 Å². The number of nitrogens with one attached hydrogen (secondary N) is 1. The van der Waals surface area contributed by atoms with E-state index in [1.165, 1.54) is 12.1 Å². The molecule has 0 saturated heterocycles. The highest BCUT2D eigenvalue weighted by molar-refractivity contribution is 6.31. The number of halogens is 2. The summed E-state index contributed by atoms with van der Waals surface area (Å²) in [6.07, 6.45) is 1.57. The van der Waals surface area contributed by atoms with Crippen molar-refractivity contribution in [1.29, 1.82) is 0 Å². The first-order chi connectivity index (χ1) is 11.1. The van der Waals surface area contributed by atoms with Crippen LogP contribution in [0.25, 0.3) is 0 Å². The summed E-state index contributed by atoms with van der Waals surface area (Å²) in [5.74, 6) is 0.448. The summed E-state index contributed by atoms with van der Waals surface area (Å²) in [5.41, 5.74) is 1.56. The van der Waals surface area contributed by atoms with E-state index in [1.807, 2.05) is 42.3 Å². The SMILES string of the molecule is CN(c1ccccc1)c1cnnc(Nc2ccc(F)c(Cl)c2)n1. The average molecular weight is 330 g/mol. The van der Waals surface area contributed by atoms with Gasteiger partial charge in [-0.2, -0.15) is 10.1 Å². The van der Waals surface area contributed by atoms with Crippen molar-refractivity contribution in [2.24, 2.45) is 0 Å². The summed E-state index contributed by atoms with van der Waals surface area (Å²) in [5, 5.41) is 10.9. The van der Waals surface area contributed by atoms with Gasteiger partial charge in [0, 0.05) is 18.4 Å². The van der Waals surface area contributed by atoms with Crippen molar-refractivity contribution >= 4 is 34.7 Å². The first kappa shape index (κ1) is 15.2. The zero-order chi connectivity index (χ0) is 16.2. The molecule has 0 unspecified atom stereocenters. The Morgan fingerprint density at radius 2 is 1.91 bits per heavy atom. The smallest absolute Gasteiger partial charge is 0.249 e. The Balaban J connectivity index is 1.83. The summed E-state index contributed by atoms with van der Waals surface area (Å²) in [6, 6.07) is 14.1. The largest absolute Gasteiger partial charge is 0.328 e. The van der Waals surface area contributed by atoms with Crippen molar-refractivity contribution in [3.8, 4) is 0 Å². The van der Waals surface area contributed by atoms with Gasteiger partial charge in [0.05, 0.1) is 11.2 Å². The lowest BCUT2D eigenvalue weighted by molar-refractivity contribution is 0.628. The highest BCUT2D eigenvalue weighted by Crippen LogP contribution is 2.23. The molecule has 0 radical (unpaired) electrons. The third kappa shape index (κ3) is 3.54. The monoisotopic (exact) mass is 329 g/mol. The van der Waals surface area contributed by atoms with E-state index in [9.17, 15) is 4.39 Å². The first-order valence-electron chi connectivity index (χ1n) is 6.84. The lowest BCUT2D eigenvalue weighted by atomic mass is 10.3. The van der Waals surface area contributed by atoms with Crippen LogP contribution in [-0.4, -0.2) is 22.2 Å². The molecule has 3 aromatic rings. The van der Waals surface area contributed by atoms with Crippen LogP contribution in [-0.2, 0) is 0 Å². The van der Waals surface area contributed by atoms with Crippen molar-refractivity contribution in [2.75, 3.05) is 17.3 Å². The number of nitrogens with zero attached hydrogens (tertiary/aromatic N) is 4. The molecule has 1 aromatic heterocycles. The van der Waals surface area contributed by atoms with E-state index >= 15 is 0 Å². The van der Waals surface area contributed by atoms with Crippen molar-refractivity contribution in [3.05, 3.63) is 65.6 Å². The van der Waals surface area contributed by atoms with Gasteiger partial charge in [0.1, 0.15) is 5.82 Å². The number of aromatic nitrogens is 3. The number of anilines is 4. The normalized spacial score (nSPS) is 10.4. The lowest BCUT2D eigenvalue weighted by Gasteiger charge is -2.18. The third-order valence-electron chi connectivity index (χ3n) is 3.21. The molecule has 2 aromatic carbocycles.